The number of rotatable bonds is 4. The van der Waals surface area contributed by atoms with E-state index in [-0.39, 0.29) is 11.8 Å². The third kappa shape index (κ3) is 2.67. The summed E-state index contributed by atoms with van der Waals surface area (Å²) in [7, 11) is 0. The van der Waals surface area contributed by atoms with Gasteiger partial charge in [0, 0.05) is 5.56 Å². The highest BCUT2D eigenvalue weighted by molar-refractivity contribution is 5.87. The summed E-state index contributed by atoms with van der Waals surface area (Å²) in [5.41, 5.74) is 1.07. The van der Waals surface area contributed by atoms with Gasteiger partial charge in [0.25, 0.3) is 0 Å². The molecular weight excluding hydrogens is 242 g/mol. The molecule has 0 saturated heterocycles. The van der Waals surface area contributed by atoms with Gasteiger partial charge in [-0.15, -0.1) is 0 Å². The summed E-state index contributed by atoms with van der Waals surface area (Å²) in [6.07, 6.45) is 3.60. The Morgan fingerprint density at radius 3 is 2.79 bits per heavy atom. The maximum absolute atomic E-state index is 11.9. The van der Waals surface area contributed by atoms with Gasteiger partial charge in [-0.3, -0.25) is 0 Å². The Labute approximate surface area is 111 Å². The average molecular weight is 257 g/mol. The van der Waals surface area contributed by atoms with E-state index in [0.29, 0.717) is 11.8 Å². The van der Waals surface area contributed by atoms with Crippen molar-refractivity contribution in [1.29, 1.82) is 0 Å². The fourth-order valence-corrected chi connectivity index (χ4v) is 1.97. The van der Waals surface area contributed by atoms with Crippen molar-refractivity contribution in [2.24, 2.45) is 5.92 Å². The van der Waals surface area contributed by atoms with Crippen LogP contribution < -0.4 is 0 Å². The standard InChI is InChI=1S/C15H15NO3/c1-10(11-7-8-11)19-15(17)13-9-18-14(16-13)12-5-3-2-4-6-12/h2-6,9-11H,7-8H2,1H3/t10-/m0/s1. The predicted octanol–water partition coefficient (Wildman–Crippen LogP) is 3.30. The van der Waals surface area contributed by atoms with Gasteiger partial charge < -0.3 is 9.15 Å². The van der Waals surface area contributed by atoms with Crippen LogP contribution in [0.5, 0.6) is 0 Å². The highest BCUT2D eigenvalue weighted by Gasteiger charge is 2.31. The number of aromatic nitrogens is 1. The summed E-state index contributed by atoms with van der Waals surface area (Å²) in [5.74, 6) is 0.543. The van der Waals surface area contributed by atoms with Gasteiger partial charge in [0.05, 0.1) is 0 Å². The molecule has 2 aromatic rings. The van der Waals surface area contributed by atoms with Crippen LogP contribution in [0.4, 0.5) is 0 Å². The minimum absolute atomic E-state index is 0.0376. The van der Waals surface area contributed by atoms with E-state index >= 15 is 0 Å². The molecule has 0 bridgehead atoms. The lowest BCUT2D eigenvalue weighted by atomic mass is 10.2. The highest BCUT2D eigenvalue weighted by Crippen LogP contribution is 2.34. The van der Waals surface area contributed by atoms with Crippen molar-refractivity contribution in [2.75, 3.05) is 0 Å². The third-order valence-corrected chi connectivity index (χ3v) is 3.31. The molecule has 19 heavy (non-hydrogen) atoms. The molecule has 1 aromatic heterocycles. The summed E-state index contributed by atoms with van der Waals surface area (Å²) in [4.78, 5) is 16.1. The van der Waals surface area contributed by atoms with Gasteiger partial charge in [0.1, 0.15) is 12.4 Å². The maximum atomic E-state index is 11.9. The first kappa shape index (κ1) is 12.0. The highest BCUT2D eigenvalue weighted by atomic mass is 16.5. The summed E-state index contributed by atoms with van der Waals surface area (Å²) >= 11 is 0. The van der Waals surface area contributed by atoms with Crippen LogP contribution in [-0.4, -0.2) is 17.1 Å². The molecule has 4 nitrogen and oxygen atoms in total. The van der Waals surface area contributed by atoms with Crippen molar-refractivity contribution in [3.63, 3.8) is 0 Å². The Balaban J connectivity index is 1.72. The Kier molecular flexibility index (Phi) is 3.07. The van der Waals surface area contributed by atoms with Crippen molar-refractivity contribution in [2.45, 2.75) is 25.9 Å². The van der Waals surface area contributed by atoms with Gasteiger partial charge in [-0.1, -0.05) is 18.2 Å². The summed E-state index contributed by atoms with van der Waals surface area (Å²) < 4.78 is 10.7. The van der Waals surface area contributed by atoms with Crippen LogP contribution in [0.15, 0.2) is 41.0 Å². The molecule has 0 amide bonds. The van der Waals surface area contributed by atoms with Crippen LogP contribution in [-0.2, 0) is 4.74 Å². The number of benzene rings is 1. The fourth-order valence-electron chi connectivity index (χ4n) is 1.97. The summed E-state index contributed by atoms with van der Waals surface area (Å²) in [6, 6.07) is 9.47. The van der Waals surface area contributed by atoms with E-state index in [0.717, 1.165) is 18.4 Å². The number of esters is 1. The topological polar surface area (TPSA) is 52.3 Å². The Bertz CT molecular complexity index is 572. The smallest absolute Gasteiger partial charge is 0.360 e. The van der Waals surface area contributed by atoms with Crippen molar-refractivity contribution in [3.05, 3.63) is 42.3 Å². The van der Waals surface area contributed by atoms with Crippen molar-refractivity contribution < 1.29 is 13.9 Å². The number of carbonyl (C=O) groups is 1. The largest absolute Gasteiger partial charge is 0.458 e. The normalized spacial score (nSPS) is 16.1. The lowest BCUT2D eigenvalue weighted by Crippen LogP contribution is -2.17. The number of nitrogens with zero attached hydrogens (tertiary/aromatic N) is 1. The fraction of sp³-hybridized carbons (Fsp3) is 0.333. The van der Waals surface area contributed by atoms with Crippen molar-refractivity contribution in [3.8, 4) is 11.5 Å². The quantitative estimate of drug-likeness (QED) is 0.788. The molecule has 3 rings (SSSR count). The molecule has 0 aliphatic heterocycles. The molecule has 0 unspecified atom stereocenters. The molecule has 4 heteroatoms. The molecule has 1 heterocycles. The average Bonchev–Trinajstić information content (AvgIpc) is 3.17. The minimum Gasteiger partial charge on any atom is -0.458 e. The van der Waals surface area contributed by atoms with Crippen LogP contribution in [0.3, 0.4) is 0 Å². The zero-order valence-electron chi connectivity index (χ0n) is 10.7. The Morgan fingerprint density at radius 1 is 1.37 bits per heavy atom. The Morgan fingerprint density at radius 2 is 2.11 bits per heavy atom. The molecule has 0 N–H and O–H groups in total. The second-order valence-electron chi connectivity index (χ2n) is 4.85. The second kappa shape index (κ2) is 4.88. The zero-order chi connectivity index (χ0) is 13.2. The van der Waals surface area contributed by atoms with E-state index in [1.807, 2.05) is 37.3 Å². The molecule has 1 saturated carbocycles. The van der Waals surface area contributed by atoms with Gasteiger partial charge >= 0.3 is 5.97 Å². The Hall–Kier alpha value is -2.10. The van der Waals surface area contributed by atoms with Gasteiger partial charge in [-0.2, -0.15) is 0 Å². The van der Waals surface area contributed by atoms with Crippen LogP contribution in [0.2, 0.25) is 0 Å². The van der Waals surface area contributed by atoms with Crippen LogP contribution in [0, 0.1) is 5.92 Å². The van der Waals surface area contributed by atoms with Crippen LogP contribution in [0.25, 0.3) is 11.5 Å². The second-order valence-corrected chi connectivity index (χ2v) is 4.85. The molecule has 1 aliphatic rings. The molecule has 1 fully saturated rings. The van der Waals surface area contributed by atoms with E-state index in [1.165, 1.54) is 6.26 Å². The molecule has 0 spiro atoms. The van der Waals surface area contributed by atoms with Gasteiger partial charge in [0.2, 0.25) is 5.89 Å². The third-order valence-electron chi connectivity index (χ3n) is 3.31. The van der Waals surface area contributed by atoms with E-state index in [4.69, 9.17) is 9.15 Å². The SMILES string of the molecule is C[C@H](OC(=O)c1coc(-c2ccccc2)n1)C1CC1. The number of oxazole rings is 1. The van der Waals surface area contributed by atoms with Gasteiger partial charge in [-0.05, 0) is 37.8 Å². The van der Waals surface area contributed by atoms with E-state index in [1.54, 1.807) is 0 Å². The van der Waals surface area contributed by atoms with Crippen molar-refractivity contribution in [1.82, 2.24) is 4.98 Å². The van der Waals surface area contributed by atoms with Crippen LogP contribution >= 0.6 is 0 Å². The monoisotopic (exact) mass is 257 g/mol. The minimum atomic E-state index is -0.412. The van der Waals surface area contributed by atoms with Crippen molar-refractivity contribution >= 4 is 5.97 Å². The van der Waals surface area contributed by atoms with Gasteiger partial charge in [0.15, 0.2) is 5.69 Å². The number of hydrogen-bond acceptors (Lipinski definition) is 4. The number of carbonyl (C=O) groups excluding carboxylic acids is 1. The molecule has 1 aliphatic carbocycles. The molecule has 98 valence electrons. The lowest BCUT2D eigenvalue weighted by molar-refractivity contribution is 0.0288. The molecule has 1 atom stereocenters. The number of ether oxygens (including phenoxy) is 1. The maximum Gasteiger partial charge on any atom is 0.360 e. The van der Waals surface area contributed by atoms with Crippen LogP contribution in [0.1, 0.15) is 30.3 Å². The number of hydrogen-bond donors (Lipinski definition) is 0. The van der Waals surface area contributed by atoms with E-state index in [2.05, 4.69) is 4.98 Å². The summed E-state index contributed by atoms with van der Waals surface area (Å²) in [5, 5.41) is 0. The molecule has 1 aromatic carbocycles. The first-order valence-electron chi connectivity index (χ1n) is 6.46. The summed E-state index contributed by atoms with van der Waals surface area (Å²) in [6.45, 7) is 1.92. The molecule has 0 radical (unpaired) electrons. The lowest BCUT2D eigenvalue weighted by Gasteiger charge is -2.09. The predicted molar refractivity (Wildman–Crippen MR) is 69.5 cm³/mol. The van der Waals surface area contributed by atoms with Gasteiger partial charge in [-0.25, -0.2) is 9.78 Å². The molecular formula is C15H15NO3. The zero-order valence-corrected chi connectivity index (χ0v) is 10.7. The first-order chi connectivity index (χ1) is 9.24. The van der Waals surface area contributed by atoms with E-state index in [9.17, 15) is 4.79 Å². The first-order valence-corrected chi connectivity index (χ1v) is 6.46. The van der Waals surface area contributed by atoms with E-state index < -0.39 is 5.97 Å².